The quantitative estimate of drug-likeness (QED) is 0.637. The third kappa shape index (κ3) is 2.43. The van der Waals surface area contributed by atoms with Crippen molar-refractivity contribution >= 4 is 5.78 Å². The highest BCUT2D eigenvalue weighted by Gasteiger charge is 2.34. The molecule has 0 aromatic carbocycles. The van der Waals surface area contributed by atoms with Gasteiger partial charge in [0, 0.05) is 5.92 Å². The maximum Gasteiger partial charge on any atom is 0.158 e. The Hall–Kier alpha value is -0.660. The minimum Gasteiger partial charge on any atom is -0.295 e. The van der Waals surface area contributed by atoms with Crippen molar-refractivity contribution in [2.75, 3.05) is 0 Å². The van der Waals surface area contributed by atoms with Gasteiger partial charge < -0.3 is 0 Å². The summed E-state index contributed by atoms with van der Waals surface area (Å²) in [5.74, 6) is 0.418. The molecule has 14 heavy (non-hydrogen) atoms. The second-order valence-corrected chi connectivity index (χ2v) is 4.54. The molecule has 1 aliphatic carbocycles. The molecule has 0 amide bonds. The monoisotopic (exact) mass is 198 g/mol. The van der Waals surface area contributed by atoms with E-state index in [1.54, 1.807) is 0 Å². The predicted molar refractivity (Wildman–Crippen MR) is 55.8 cm³/mol. The zero-order valence-electron chi connectivity index (χ0n) is 9.00. The second-order valence-electron chi connectivity index (χ2n) is 4.54. The maximum absolute atomic E-state index is 13.7. The number of alkyl halides is 1. The van der Waals surface area contributed by atoms with Crippen LogP contribution in [0.5, 0.6) is 0 Å². The summed E-state index contributed by atoms with van der Waals surface area (Å²) >= 11 is 0. The standard InChI is InChI=1S/C12H19FO/c1-4-12(14)9-5-6-10(8(2)3)11(13)7-9/h4,8-11H,1,5-7H2,2-3H3. The molecule has 0 N–H and O–H groups in total. The Bertz CT molecular complexity index is 222. The molecule has 0 aromatic heterocycles. The van der Waals surface area contributed by atoms with Gasteiger partial charge in [-0.15, -0.1) is 0 Å². The molecule has 3 atom stereocenters. The van der Waals surface area contributed by atoms with Gasteiger partial charge in [0.25, 0.3) is 0 Å². The molecule has 3 unspecified atom stereocenters. The van der Waals surface area contributed by atoms with Crippen molar-refractivity contribution in [3.8, 4) is 0 Å². The predicted octanol–water partition coefficient (Wildman–Crippen LogP) is 3.15. The van der Waals surface area contributed by atoms with E-state index in [-0.39, 0.29) is 17.6 Å². The number of hydrogen-bond acceptors (Lipinski definition) is 1. The van der Waals surface area contributed by atoms with Crippen molar-refractivity contribution in [3.05, 3.63) is 12.7 Å². The third-order valence-electron chi connectivity index (χ3n) is 3.28. The minimum absolute atomic E-state index is 0.00913. The van der Waals surface area contributed by atoms with Crippen LogP contribution < -0.4 is 0 Å². The van der Waals surface area contributed by atoms with Gasteiger partial charge in [0.1, 0.15) is 6.17 Å². The molecule has 80 valence electrons. The smallest absolute Gasteiger partial charge is 0.158 e. The normalized spacial score (nSPS) is 33.0. The molecule has 0 radical (unpaired) electrons. The lowest BCUT2D eigenvalue weighted by molar-refractivity contribution is -0.120. The van der Waals surface area contributed by atoms with Gasteiger partial charge in [-0.1, -0.05) is 20.4 Å². The first-order chi connectivity index (χ1) is 6.56. The van der Waals surface area contributed by atoms with Crippen molar-refractivity contribution in [2.45, 2.75) is 39.3 Å². The fraction of sp³-hybridized carbons (Fsp3) is 0.750. The highest BCUT2D eigenvalue weighted by molar-refractivity contribution is 5.91. The van der Waals surface area contributed by atoms with Gasteiger partial charge in [-0.25, -0.2) is 4.39 Å². The minimum atomic E-state index is -0.808. The fourth-order valence-corrected chi connectivity index (χ4v) is 2.31. The van der Waals surface area contributed by atoms with E-state index in [1.807, 2.05) is 13.8 Å². The van der Waals surface area contributed by atoms with E-state index in [0.717, 1.165) is 12.8 Å². The molecule has 0 aromatic rings. The van der Waals surface area contributed by atoms with E-state index in [9.17, 15) is 9.18 Å². The zero-order valence-corrected chi connectivity index (χ0v) is 9.00. The number of carbonyl (C=O) groups is 1. The first-order valence-electron chi connectivity index (χ1n) is 5.36. The lowest BCUT2D eigenvalue weighted by atomic mass is 9.74. The van der Waals surface area contributed by atoms with Crippen molar-refractivity contribution in [1.82, 2.24) is 0 Å². The Morgan fingerprint density at radius 3 is 2.57 bits per heavy atom. The molecule has 0 heterocycles. The lowest BCUT2D eigenvalue weighted by Gasteiger charge is -2.32. The highest BCUT2D eigenvalue weighted by Crippen LogP contribution is 2.35. The van der Waals surface area contributed by atoms with Crippen LogP contribution in [0.2, 0.25) is 0 Å². The van der Waals surface area contributed by atoms with Crippen LogP contribution >= 0.6 is 0 Å². The van der Waals surface area contributed by atoms with Crippen LogP contribution in [0.1, 0.15) is 33.1 Å². The number of halogens is 1. The van der Waals surface area contributed by atoms with Gasteiger partial charge in [0.05, 0.1) is 0 Å². The SMILES string of the molecule is C=CC(=O)C1CCC(C(C)C)C(F)C1. The largest absolute Gasteiger partial charge is 0.295 e. The molecule has 1 nitrogen and oxygen atoms in total. The summed E-state index contributed by atoms with van der Waals surface area (Å²) in [4.78, 5) is 11.3. The molecule has 1 saturated carbocycles. The van der Waals surface area contributed by atoms with E-state index < -0.39 is 6.17 Å². The maximum atomic E-state index is 13.7. The highest BCUT2D eigenvalue weighted by atomic mass is 19.1. The van der Waals surface area contributed by atoms with Crippen molar-refractivity contribution in [2.24, 2.45) is 17.8 Å². The van der Waals surface area contributed by atoms with Crippen molar-refractivity contribution < 1.29 is 9.18 Å². The van der Waals surface area contributed by atoms with Crippen LogP contribution in [0.3, 0.4) is 0 Å². The average Bonchev–Trinajstić information content (AvgIpc) is 2.15. The van der Waals surface area contributed by atoms with Crippen LogP contribution in [0.15, 0.2) is 12.7 Å². The third-order valence-corrected chi connectivity index (χ3v) is 3.28. The average molecular weight is 198 g/mol. The molecule has 0 bridgehead atoms. The summed E-state index contributed by atoms with van der Waals surface area (Å²) in [5.41, 5.74) is 0. The van der Waals surface area contributed by atoms with E-state index in [4.69, 9.17) is 0 Å². The van der Waals surface area contributed by atoms with Gasteiger partial charge in [0.15, 0.2) is 5.78 Å². The van der Waals surface area contributed by atoms with E-state index >= 15 is 0 Å². The van der Waals surface area contributed by atoms with Gasteiger partial charge in [-0.05, 0) is 37.2 Å². The van der Waals surface area contributed by atoms with E-state index in [0.29, 0.717) is 12.3 Å². The Balaban J connectivity index is 2.54. The van der Waals surface area contributed by atoms with Crippen LogP contribution in [0.25, 0.3) is 0 Å². The van der Waals surface area contributed by atoms with Crippen LogP contribution in [-0.2, 0) is 4.79 Å². The fourth-order valence-electron chi connectivity index (χ4n) is 2.31. The second kappa shape index (κ2) is 4.72. The Kier molecular flexibility index (Phi) is 3.85. The molecule has 0 aliphatic heterocycles. The Morgan fingerprint density at radius 1 is 1.50 bits per heavy atom. The van der Waals surface area contributed by atoms with Crippen molar-refractivity contribution in [3.63, 3.8) is 0 Å². The summed E-state index contributed by atoms with van der Waals surface area (Å²) < 4.78 is 13.7. The van der Waals surface area contributed by atoms with Crippen LogP contribution in [0.4, 0.5) is 4.39 Å². The van der Waals surface area contributed by atoms with E-state index in [2.05, 4.69) is 6.58 Å². The number of allylic oxidation sites excluding steroid dienone is 1. The summed E-state index contributed by atoms with van der Waals surface area (Å²) in [5, 5.41) is 0. The first-order valence-corrected chi connectivity index (χ1v) is 5.36. The molecular formula is C12H19FO. The number of rotatable bonds is 3. The Morgan fingerprint density at radius 2 is 2.14 bits per heavy atom. The van der Waals surface area contributed by atoms with E-state index in [1.165, 1.54) is 6.08 Å². The molecule has 1 fully saturated rings. The number of carbonyl (C=O) groups excluding carboxylic acids is 1. The lowest BCUT2D eigenvalue weighted by Crippen LogP contribution is -2.32. The first kappa shape index (κ1) is 11.4. The summed E-state index contributed by atoms with van der Waals surface area (Å²) in [6.45, 7) is 7.54. The molecular weight excluding hydrogens is 179 g/mol. The van der Waals surface area contributed by atoms with Gasteiger partial charge >= 0.3 is 0 Å². The Labute approximate surface area is 85.4 Å². The molecule has 2 heteroatoms. The van der Waals surface area contributed by atoms with Crippen LogP contribution in [-0.4, -0.2) is 12.0 Å². The summed E-state index contributed by atoms with van der Waals surface area (Å²) in [7, 11) is 0. The van der Waals surface area contributed by atoms with Gasteiger partial charge in [0.2, 0.25) is 0 Å². The molecule has 1 rings (SSSR count). The zero-order chi connectivity index (χ0) is 10.7. The van der Waals surface area contributed by atoms with Crippen LogP contribution in [0, 0.1) is 17.8 Å². The molecule has 1 aliphatic rings. The topological polar surface area (TPSA) is 17.1 Å². The molecule has 0 saturated heterocycles. The summed E-state index contributed by atoms with van der Waals surface area (Å²) in [6, 6.07) is 0. The van der Waals surface area contributed by atoms with Crippen molar-refractivity contribution in [1.29, 1.82) is 0 Å². The summed E-state index contributed by atoms with van der Waals surface area (Å²) in [6.07, 6.45) is 2.58. The van der Waals surface area contributed by atoms with Gasteiger partial charge in [-0.2, -0.15) is 0 Å². The molecule has 0 spiro atoms. The number of hydrogen-bond donors (Lipinski definition) is 0. The van der Waals surface area contributed by atoms with Gasteiger partial charge in [-0.3, -0.25) is 4.79 Å². The number of ketones is 1.